The smallest absolute Gasteiger partial charge is 0.113 e. The van der Waals surface area contributed by atoms with Gasteiger partial charge >= 0.3 is 0 Å². The lowest BCUT2D eigenvalue weighted by atomic mass is 9.89. The molecule has 0 saturated heterocycles. The lowest BCUT2D eigenvalue weighted by molar-refractivity contribution is 0.116. The molecule has 2 aromatic carbocycles. The van der Waals surface area contributed by atoms with Crippen LogP contribution < -0.4 is 5.32 Å². The molecule has 0 spiro atoms. The first-order valence-corrected chi connectivity index (χ1v) is 13.7. The van der Waals surface area contributed by atoms with E-state index in [1.165, 1.54) is 9.40 Å². The number of thiazole rings is 2. The van der Waals surface area contributed by atoms with Gasteiger partial charge in [0.05, 0.1) is 31.5 Å². The van der Waals surface area contributed by atoms with Gasteiger partial charge in [-0.2, -0.15) is 0 Å². The van der Waals surface area contributed by atoms with Gasteiger partial charge < -0.3 is 10.2 Å². The van der Waals surface area contributed by atoms with E-state index in [1.54, 1.807) is 22.7 Å². The second-order valence-electron chi connectivity index (χ2n) is 9.57. The van der Waals surface area contributed by atoms with E-state index in [0.29, 0.717) is 0 Å². The van der Waals surface area contributed by atoms with Crippen LogP contribution in [0.3, 0.4) is 0 Å². The van der Waals surface area contributed by atoms with Crippen molar-refractivity contribution in [3.63, 3.8) is 0 Å². The van der Waals surface area contributed by atoms with E-state index >= 15 is 0 Å². The summed E-state index contributed by atoms with van der Waals surface area (Å²) in [6.07, 6.45) is 0.848. The third kappa shape index (κ3) is 5.10. The quantitative estimate of drug-likeness (QED) is 0.241. The maximum atomic E-state index is 5.04. The molecule has 0 radical (unpaired) electrons. The number of hydrogen-bond acceptors (Lipinski definition) is 6. The van der Waals surface area contributed by atoms with Crippen LogP contribution in [0.4, 0.5) is 0 Å². The van der Waals surface area contributed by atoms with Crippen molar-refractivity contribution < 1.29 is 0 Å². The third-order valence-corrected chi connectivity index (χ3v) is 9.12. The van der Waals surface area contributed by atoms with Crippen LogP contribution in [0, 0.1) is 0 Å². The second kappa shape index (κ2) is 9.04. The Hall–Kier alpha value is -0.900. The van der Waals surface area contributed by atoms with E-state index in [9.17, 15) is 0 Å². The van der Waals surface area contributed by atoms with Gasteiger partial charge in [-0.15, -0.1) is 22.7 Å². The van der Waals surface area contributed by atoms with Gasteiger partial charge in [0.15, 0.2) is 0 Å². The fraction of sp³-hybridized carbons (Fsp3) is 0.417. The largest absolute Gasteiger partial charge is 0.302 e. The highest BCUT2D eigenvalue weighted by Gasteiger charge is 2.38. The minimum atomic E-state index is -0.165. The summed E-state index contributed by atoms with van der Waals surface area (Å²) in [7, 11) is 4.27. The van der Waals surface area contributed by atoms with Crippen LogP contribution in [-0.4, -0.2) is 40.0 Å². The van der Waals surface area contributed by atoms with Crippen molar-refractivity contribution in [2.45, 2.75) is 51.2 Å². The van der Waals surface area contributed by atoms with Crippen LogP contribution in [0.25, 0.3) is 20.4 Å². The molecule has 0 amide bonds. The first-order valence-electron chi connectivity index (χ1n) is 10.5. The molecule has 170 valence electrons. The normalized spacial score (nSPS) is 14.0. The van der Waals surface area contributed by atoms with Crippen LogP contribution in [0.15, 0.2) is 45.3 Å². The maximum Gasteiger partial charge on any atom is 0.113 e. The number of benzene rings is 2. The highest BCUT2D eigenvalue weighted by molar-refractivity contribution is 9.10. The van der Waals surface area contributed by atoms with Gasteiger partial charge in [-0.25, -0.2) is 9.97 Å². The van der Waals surface area contributed by atoms with E-state index in [2.05, 4.69) is 120 Å². The molecule has 32 heavy (non-hydrogen) atoms. The number of aromatic nitrogens is 2. The monoisotopic (exact) mass is 594 g/mol. The lowest BCUT2D eigenvalue weighted by Crippen LogP contribution is -2.55. The number of rotatable bonds is 7. The average Bonchev–Trinajstić information content (AvgIpc) is 3.27. The Morgan fingerprint density at radius 1 is 0.906 bits per heavy atom. The number of nitrogens with zero attached hydrogens (tertiary/aromatic N) is 3. The summed E-state index contributed by atoms with van der Waals surface area (Å²) in [5.41, 5.74) is 1.79. The third-order valence-electron chi connectivity index (χ3n) is 5.99. The van der Waals surface area contributed by atoms with Crippen LogP contribution in [-0.2, 0) is 6.42 Å². The maximum absolute atomic E-state index is 5.04. The molecule has 4 aromatic rings. The zero-order valence-corrected chi connectivity index (χ0v) is 24.0. The SMILES string of the molecule is CN(C)C(C)(C)C(NC(C)(C)Cc1nc2cc(Br)ccc2s1)c1nc2cc(Br)ccc2s1. The molecule has 4 rings (SSSR count). The van der Waals surface area contributed by atoms with Crippen molar-refractivity contribution in [2.24, 2.45) is 0 Å². The van der Waals surface area contributed by atoms with Crippen LogP contribution in [0.2, 0.25) is 0 Å². The molecule has 0 aliphatic carbocycles. The standard InChI is InChI=1S/C24H28Br2N4S2/c1-23(2,13-20-27-16-11-14(25)7-9-18(16)31-20)29-21(24(3,4)30(5)6)22-28-17-12-15(26)8-10-19(17)32-22/h7-12,21,29H,13H2,1-6H3. The summed E-state index contributed by atoms with van der Waals surface area (Å²) in [6, 6.07) is 12.7. The Morgan fingerprint density at radius 3 is 2.06 bits per heavy atom. The van der Waals surface area contributed by atoms with Crippen molar-refractivity contribution in [3.8, 4) is 0 Å². The molecule has 1 N–H and O–H groups in total. The number of likely N-dealkylation sites (N-methyl/N-ethyl adjacent to an activating group) is 1. The van der Waals surface area contributed by atoms with Crippen LogP contribution in [0.1, 0.15) is 43.8 Å². The van der Waals surface area contributed by atoms with Gasteiger partial charge in [-0.1, -0.05) is 31.9 Å². The summed E-state index contributed by atoms with van der Waals surface area (Å²) in [6.45, 7) is 9.07. The molecule has 0 aliphatic rings. The molecule has 1 unspecified atom stereocenters. The van der Waals surface area contributed by atoms with Crippen molar-refractivity contribution in [3.05, 3.63) is 55.4 Å². The molecule has 1 atom stereocenters. The minimum Gasteiger partial charge on any atom is -0.302 e. The van der Waals surface area contributed by atoms with Gasteiger partial charge in [-0.05, 0) is 78.2 Å². The zero-order chi connectivity index (χ0) is 23.3. The van der Waals surface area contributed by atoms with Crippen molar-refractivity contribution in [2.75, 3.05) is 14.1 Å². The molecule has 0 aliphatic heterocycles. The molecule has 0 saturated carbocycles. The fourth-order valence-electron chi connectivity index (χ4n) is 3.68. The zero-order valence-electron chi connectivity index (χ0n) is 19.2. The summed E-state index contributed by atoms with van der Waals surface area (Å²) in [5, 5.41) is 6.22. The molecular formula is C24H28Br2N4S2. The van der Waals surface area contributed by atoms with Crippen molar-refractivity contribution >= 4 is 75.0 Å². The van der Waals surface area contributed by atoms with Gasteiger partial charge in [0.1, 0.15) is 5.01 Å². The molecular weight excluding hydrogens is 568 g/mol. The van der Waals surface area contributed by atoms with Crippen LogP contribution >= 0.6 is 54.5 Å². The highest BCUT2D eigenvalue weighted by atomic mass is 79.9. The van der Waals surface area contributed by atoms with Gasteiger partial charge in [0, 0.05) is 26.4 Å². The Morgan fingerprint density at radius 2 is 1.47 bits per heavy atom. The predicted molar refractivity (Wildman–Crippen MR) is 146 cm³/mol. The van der Waals surface area contributed by atoms with Gasteiger partial charge in [0.25, 0.3) is 0 Å². The van der Waals surface area contributed by atoms with E-state index in [4.69, 9.17) is 9.97 Å². The molecule has 0 bridgehead atoms. The van der Waals surface area contributed by atoms with Gasteiger partial charge in [0.2, 0.25) is 0 Å². The lowest BCUT2D eigenvalue weighted by Gasteiger charge is -2.43. The average molecular weight is 596 g/mol. The summed E-state index contributed by atoms with van der Waals surface area (Å²) in [5.74, 6) is 0. The van der Waals surface area contributed by atoms with E-state index < -0.39 is 0 Å². The molecule has 4 nitrogen and oxygen atoms in total. The van der Waals surface area contributed by atoms with Gasteiger partial charge in [-0.3, -0.25) is 0 Å². The Balaban J connectivity index is 1.66. The molecule has 8 heteroatoms. The first kappa shape index (κ1) is 24.2. The van der Waals surface area contributed by atoms with Crippen molar-refractivity contribution in [1.29, 1.82) is 0 Å². The number of fused-ring (bicyclic) bond motifs is 2. The Labute approximate surface area is 214 Å². The summed E-state index contributed by atoms with van der Waals surface area (Å²) >= 11 is 10.7. The van der Waals surface area contributed by atoms with E-state index in [-0.39, 0.29) is 17.1 Å². The molecule has 0 fully saturated rings. The number of hydrogen-bond donors (Lipinski definition) is 1. The van der Waals surface area contributed by atoms with Crippen molar-refractivity contribution in [1.82, 2.24) is 20.2 Å². The number of halogens is 2. The number of nitrogens with one attached hydrogen (secondary N) is 1. The summed E-state index contributed by atoms with van der Waals surface area (Å²) in [4.78, 5) is 12.2. The first-order chi connectivity index (χ1) is 14.9. The Bertz CT molecular complexity index is 1260. The Kier molecular flexibility index (Phi) is 6.85. The topological polar surface area (TPSA) is 41.0 Å². The van der Waals surface area contributed by atoms with E-state index in [1.807, 2.05) is 0 Å². The second-order valence-corrected chi connectivity index (χ2v) is 13.6. The fourth-order valence-corrected chi connectivity index (χ4v) is 6.74. The minimum absolute atomic E-state index is 0.0622. The van der Waals surface area contributed by atoms with Crippen LogP contribution in [0.5, 0.6) is 0 Å². The summed E-state index contributed by atoms with van der Waals surface area (Å²) < 4.78 is 4.55. The van der Waals surface area contributed by atoms with E-state index in [0.717, 1.165) is 36.4 Å². The molecule has 2 heterocycles. The molecule has 2 aromatic heterocycles. The highest BCUT2D eigenvalue weighted by Crippen LogP contribution is 2.37. The predicted octanol–water partition coefficient (Wildman–Crippen LogP) is 7.42.